The van der Waals surface area contributed by atoms with Gasteiger partial charge in [-0.1, -0.05) is 12.5 Å². The lowest BCUT2D eigenvalue weighted by Gasteiger charge is -2.23. The van der Waals surface area contributed by atoms with Gasteiger partial charge < -0.3 is 15.4 Å². The van der Waals surface area contributed by atoms with Gasteiger partial charge in [0.15, 0.2) is 0 Å². The van der Waals surface area contributed by atoms with Crippen molar-refractivity contribution in [1.29, 1.82) is 0 Å². The first-order valence-corrected chi connectivity index (χ1v) is 6.98. The molecule has 1 aliphatic rings. The van der Waals surface area contributed by atoms with Gasteiger partial charge in [0.25, 0.3) is 0 Å². The summed E-state index contributed by atoms with van der Waals surface area (Å²) in [5.41, 5.74) is 0.779. The van der Waals surface area contributed by atoms with Gasteiger partial charge in [-0.3, -0.25) is 4.79 Å². The molecule has 1 fully saturated rings. The molecule has 4 heteroatoms. The molecule has 2 N–H and O–H groups in total. The van der Waals surface area contributed by atoms with Crippen LogP contribution < -0.4 is 15.4 Å². The maximum atomic E-state index is 11.0. The topological polar surface area (TPSA) is 50.4 Å². The van der Waals surface area contributed by atoms with Crippen molar-refractivity contribution in [1.82, 2.24) is 5.32 Å². The van der Waals surface area contributed by atoms with Crippen LogP contribution in [0.4, 0.5) is 5.69 Å². The first-order valence-electron chi connectivity index (χ1n) is 6.98. The molecule has 0 aromatic heterocycles. The van der Waals surface area contributed by atoms with Crippen molar-refractivity contribution in [3.05, 3.63) is 24.3 Å². The van der Waals surface area contributed by atoms with E-state index in [9.17, 15) is 4.79 Å². The SMILES string of the molecule is CC(=O)Nc1cccc(OCC[C@@H]2CCCCN2)c1. The summed E-state index contributed by atoms with van der Waals surface area (Å²) in [6.07, 6.45) is 4.88. The average Bonchev–Trinajstić information content (AvgIpc) is 2.40. The number of benzene rings is 1. The Morgan fingerprint density at radius 2 is 2.37 bits per heavy atom. The van der Waals surface area contributed by atoms with E-state index in [1.54, 1.807) is 0 Å². The van der Waals surface area contributed by atoms with Crippen molar-refractivity contribution in [3.63, 3.8) is 0 Å². The van der Waals surface area contributed by atoms with Gasteiger partial charge >= 0.3 is 0 Å². The quantitative estimate of drug-likeness (QED) is 0.857. The minimum absolute atomic E-state index is 0.0662. The molecule has 0 saturated carbocycles. The van der Waals surface area contributed by atoms with Crippen LogP contribution in [0.25, 0.3) is 0 Å². The van der Waals surface area contributed by atoms with E-state index >= 15 is 0 Å². The summed E-state index contributed by atoms with van der Waals surface area (Å²) < 4.78 is 5.74. The van der Waals surface area contributed by atoms with E-state index in [2.05, 4.69) is 10.6 Å². The second-order valence-corrected chi connectivity index (χ2v) is 4.99. The van der Waals surface area contributed by atoms with Gasteiger partial charge in [0.1, 0.15) is 5.75 Å². The Morgan fingerprint density at radius 3 is 3.11 bits per heavy atom. The lowest BCUT2D eigenvalue weighted by molar-refractivity contribution is -0.114. The van der Waals surface area contributed by atoms with E-state index in [0.717, 1.165) is 24.4 Å². The van der Waals surface area contributed by atoms with Gasteiger partial charge in [-0.15, -0.1) is 0 Å². The number of hydrogen-bond donors (Lipinski definition) is 2. The standard InChI is InChI=1S/C15H22N2O2/c1-12(18)17-14-6-4-7-15(11-14)19-10-8-13-5-2-3-9-16-13/h4,6-7,11,13,16H,2-3,5,8-10H2,1H3,(H,17,18)/t13-/m0/s1. The third kappa shape index (κ3) is 4.91. The van der Waals surface area contributed by atoms with Crippen LogP contribution >= 0.6 is 0 Å². The average molecular weight is 262 g/mol. The molecule has 1 saturated heterocycles. The second kappa shape index (κ2) is 7.14. The minimum Gasteiger partial charge on any atom is -0.493 e. The lowest BCUT2D eigenvalue weighted by Crippen LogP contribution is -2.35. The van der Waals surface area contributed by atoms with E-state index in [0.29, 0.717) is 12.6 Å². The van der Waals surface area contributed by atoms with Crippen molar-refractivity contribution in [3.8, 4) is 5.75 Å². The molecule has 1 aliphatic heterocycles. The van der Waals surface area contributed by atoms with Crippen LogP contribution in [0.5, 0.6) is 5.75 Å². The van der Waals surface area contributed by atoms with Crippen molar-refractivity contribution >= 4 is 11.6 Å². The normalized spacial score (nSPS) is 18.9. The number of carbonyl (C=O) groups excluding carboxylic acids is 1. The van der Waals surface area contributed by atoms with Crippen LogP contribution in [0.15, 0.2) is 24.3 Å². The fourth-order valence-corrected chi connectivity index (χ4v) is 2.36. The van der Waals surface area contributed by atoms with Crippen LogP contribution in [0.1, 0.15) is 32.6 Å². The van der Waals surface area contributed by atoms with Gasteiger partial charge in [0.2, 0.25) is 5.91 Å². The predicted molar refractivity (Wildman–Crippen MR) is 76.5 cm³/mol. The van der Waals surface area contributed by atoms with Crippen LogP contribution in [-0.2, 0) is 4.79 Å². The van der Waals surface area contributed by atoms with Gasteiger partial charge in [-0.05, 0) is 37.9 Å². The highest BCUT2D eigenvalue weighted by Gasteiger charge is 2.12. The molecule has 0 bridgehead atoms. The molecule has 0 unspecified atom stereocenters. The first kappa shape index (κ1) is 13.9. The van der Waals surface area contributed by atoms with E-state index in [1.807, 2.05) is 24.3 Å². The van der Waals surface area contributed by atoms with Gasteiger partial charge in [-0.2, -0.15) is 0 Å². The Labute approximate surface area is 114 Å². The first-order chi connectivity index (χ1) is 9.24. The number of rotatable bonds is 5. The summed E-state index contributed by atoms with van der Waals surface area (Å²) in [5.74, 6) is 0.741. The highest BCUT2D eigenvalue weighted by atomic mass is 16.5. The van der Waals surface area contributed by atoms with E-state index in [-0.39, 0.29) is 5.91 Å². The summed E-state index contributed by atoms with van der Waals surface area (Å²) in [4.78, 5) is 11.0. The molecule has 1 heterocycles. The monoisotopic (exact) mass is 262 g/mol. The molecule has 19 heavy (non-hydrogen) atoms. The van der Waals surface area contributed by atoms with Crippen molar-refractivity contribution in [2.24, 2.45) is 0 Å². The zero-order valence-electron chi connectivity index (χ0n) is 11.4. The van der Waals surface area contributed by atoms with Gasteiger partial charge in [0, 0.05) is 24.7 Å². The number of carbonyl (C=O) groups is 1. The van der Waals surface area contributed by atoms with Crippen molar-refractivity contribution in [2.45, 2.75) is 38.6 Å². The largest absolute Gasteiger partial charge is 0.493 e. The number of hydrogen-bond acceptors (Lipinski definition) is 3. The predicted octanol–water partition coefficient (Wildman–Crippen LogP) is 2.56. The molecule has 1 aromatic rings. The Balaban J connectivity index is 1.77. The van der Waals surface area contributed by atoms with E-state index in [4.69, 9.17) is 4.74 Å². The third-order valence-corrected chi connectivity index (χ3v) is 3.30. The number of piperidine rings is 1. The van der Waals surface area contributed by atoms with Crippen molar-refractivity contribution in [2.75, 3.05) is 18.5 Å². The van der Waals surface area contributed by atoms with Crippen molar-refractivity contribution < 1.29 is 9.53 Å². The molecule has 1 atom stereocenters. The molecular weight excluding hydrogens is 240 g/mol. The number of ether oxygens (including phenoxy) is 1. The molecule has 4 nitrogen and oxygen atoms in total. The third-order valence-electron chi connectivity index (χ3n) is 3.30. The molecule has 0 aliphatic carbocycles. The molecular formula is C15H22N2O2. The fraction of sp³-hybridized carbons (Fsp3) is 0.533. The molecule has 2 rings (SSSR count). The Hall–Kier alpha value is -1.55. The summed E-state index contributed by atoms with van der Waals surface area (Å²) >= 11 is 0. The van der Waals surface area contributed by atoms with Gasteiger partial charge in [-0.25, -0.2) is 0 Å². The summed E-state index contributed by atoms with van der Waals surface area (Å²) in [6.45, 7) is 3.34. The van der Waals surface area contributed by atoms with E-state index in [1.165, 1.54) is 26.2 Å². The molecule has 1 amide bonds. The van der Waals surface area contributed by atoms with Crippen LogP contribution in [-0.4, -0.2) is 25.1 Å². The molecule has 1 aromatic carbocycles. The summed E-state index contributed by atoms with van der Waals surface area (Å²) in [7, 11) is 0. The minimum atomic E-state index is -0.0662. The van der Waals surface area contributed by atoms with Crippen LogP contribution in [0.2, 0.25) is 0 Å². The number of anilines is 1. The molecule has 104 valence electrons. The highest BCUT2D eigenvalue weighted by Crippen LogP contribution is 2.18. The lowest BCUT2D eigenvalue weighted by atomic mass is 10.0. The molecule has 0 spiro atoms. The Kier molecular flexibility index (Phi) is 5.21. The van der Waals surface area contributed by atoms with E-state index < -0.39 is 0 Å². The molecule has 0 radical (unpaired) electrons. The maximum Gasteiger partial charge on any atom is 0.221 e. The Bertz CT molecular complexity index is 414. The zero-order chi connectivity index (χ0) is 13.5. The van der Waals surface area contributed by atoms with Crippen LogP contribution in [0.3, 0.4) is 0 Å². The number of nitrogens with one attached hydrogen (secondary N) is 2. The summed E-state index contributed by atoms with van der Waals surface area (Å²) in [5, 5.41) is 6.26. The Morgan fingerprint density at radius 1 is 1.47 bits per heavy atom. The highest BCUT2D eigenvalue weighted by molar-refractivity contribution is 5.88. The summed E-state index contributed by atoms with van der Waals surface area (Å²) in [6, 6.07) is 8.11. The van der Waals surface area contributed by atoms with Gasteiger partial charge in [0.05, 0.1) is 6.61 Å². The number of amides is 1. The maximum absolute atomic E-state index is 11.0. The fourth-order valence-electron chi connectivity index (χ4n) is 2.36. The zero-order valence-corrected chi connectivity index (χ0v) is 11.4. The smallest absolute Gasteiger partial charge is 0.221 e. The van der Waals surface area contributed by atoms with Crippen LogP contribution in [0, 0.1) is 0 Å². The second-order valence-electron chi connectivity index (χ2n) is 4.99.